The number of rotatable bonds is 6. The molecular weight excluding hydrogens is 354 g/mol. The van der Waals surface area contributed by atoms with Crippen LogP contribution in [0.4, 0.5) is 0 Å². The number of carbonyl (C=O) groups is 3. The lowest BCUT2D eigenvalue weighted by molar-refractivity contribution is -0.160. The molecular formula is C22H35N3O3. The molecule has 1 aliphatic heterocycles. The van der Waals surface area contributed by atoms with Gasteiger partial charge in [0.25, 0.3) is 0 Å². The van der Waals surface area contributed by atoms with Gasteiger partial charge in [-0.25, -0.2) is 0 Å². The molecule has 1 heterocycles. The number of nitrogens with zero attached hydrogens (tertiary/aromatic N) is 1. The first-order valence-electron chi connectivity index (χ1n) is 11.2. The summed E-state index contributed by atoms with van der Waals surface area (Å²) >= 11 is 0. The van der Waals surface area contributed by atoms with Crippen molar-refractivity contribution in [1.82, 2.24) is 15.5 Å². The first-order valence-corrected chi connectivity index (χ1v) is 11.2. The fourth-order valence-corrected chi connectivity index (χ4v) is 6.65. The van der Waals surface area contributed by atoms with Crippen molar-refractivity contribution in [2.75, 3.05) is 19.6 Å². The largest absolute Gasteiger partial charge is 0.354 e. The summed E-state index contributed by atoms with van der Waals surface area (Å²) in [4.78, 5) is 39.9. The average molecular weight is 390 g/mol. The maximum absolute atomic E-state index is 13.6. The van der Waals surface area contributed by atoms with Crippen LogP contribution in [-0.4, -0.2) is 48.3 Å². The van der Waals surface area contributed by atoms with Crippen LogP contribution in [0.2, 0.25) is 0 Å². The molecule has 0 unspecified atom stereocenters. The Kier molecular flexibility index (Phi) is 5.41. The summed E-state index contributed by atoms with van der Waals surface area (Å²) in [6.45, 7) is 5.25. The lowest BCUT2D eigenvalue weighted by Gasteiger charge is -2.56. The highest BCUT2D eigenvalue weighted by Gasteiger charge is 2.56. The van der Waals surface area contributed by atoms with Crippen molar-refractivity contribution in [2.24, 2.45) is 29.1 Å². The predicted octanol–water partition coefficient (Wildman–Crippen LogP) is 2.08. The maximum Gasteiger partial charge on any atom is 0.242 e. The van der Waals surface area contributed by atoms with E-state index >= 15 is 0 Å². The molecule has 5 rings (SSSR count). The molecule has 5 fully saturated rings. The van der Waals surface area contributed by atoms with E-state index in [4.69, 9.17) is 0 Å². The first kappa shape index (κ1) is 19.7. The van der Waals surface area contributed by atoms with Crippen molar-refractivity contribution < 1.29 is 14.4 Å². The van der Waals surface area contributed by atoms with E-state index in [1.165, 1.54) is 19.3 Å². The Morgan fingerprint density at radius 1 is 0.964 bits per heavy atom. The summed E-state index contributed by atoms with van der Waals surface area (Å²) in [5, 5.41) is 5.75. The molecule has 0 aromatic carbocycles. The summed E-state index contributed by atoms with van der Waals surface area (Å²) in [6, 6.07) is -0.332. The average Bonchev–Trinajstić information content (AvgIpc) is 3.12. The van der Waals surface area contributed by atoms with E-state index in [1.54, 1.807) is 0 Å². The number of amides is 3. The third-order valence-corrected chi connectivity index (χ3v) is 7.56. The van der Waals surface area contributed by atoms with Gasteiger partial charge in [-0.05, 0) is 69.1 Å². The zero-order chi connectivity index (χ0) is 19.9. The second-order valence-electron chi connectivity index (χ2n) is 10.1. The standard InChI is InChI=1S/C22H35N3O3/c1-14(2)19(26)23-5-6-24-20(27)18-4-3-7-25(18)21(28)22-11-15-8-16(12-22)10-17(9-15)13-22/h14-18H,3-13H2,1-2H3,(H,23,26)(H,24,27)/t15?,16?,17?,18-,22?/m1/s1. The lowest BCUT2D eigenvalue weighted by Crippen LogP contribution is -2.57. The van der Waals surface area contributed by atoms with Gasteiger partial charge in [0.05, 0.1) is 5.41 Å². The zero-order valence-corrected chi connectivity index (χ0v) is 17.3. The van der Waals surface area contributed by atoms with E-state index in [-0.39, 0.29) is 35.1 Å². The van der Waals surface area contributed by atoms with Crippen molar-refractivity contribution in [3.05, 3.63) is 0 Å². The van der Waals surface area contributed by atoms with Gasteiger partial charge in [0, 0.05) is 25.6 Å². The highest BCUT2D eigenvalue weighted by molar-refractivity contribution is 5.91. The van der Waals surface area contributed by atoms with Gasteiger partial charge in [0.2, 0.25) is 17.7 Å². The van der Waals surface area contributed by atoms with Gasteiger partial charge in [-0.15, -0.1) is 0 Å². The number of likely N-dealkylation sites (tertiary alicyclic amines) is 1. The predicted molar refractivity (Wildman–Crippen MR) is 106 cm³/mol. The van der Waals surface area contributed by atoms with Gasteiger partial charge in [-0.1, -0.05) is 13.8 Å². The molecule has 1 saturated heterocycles. The Hall–Kier alpha value is -1.59. The highest BCUT2D eigenvalue weighted by atomic mass is 16.2. The number of nitrogens with one attached hydrogen (secondary N) is 2. The Morgan fingerprint density at radius 3 is 2.11 bits per heavy atom. The molecule has 6 nitrogen and oxygen atoms in total. The Labute approximate surface area is 168 Å². The van der Waals surface area contributed by atoms with Gasteiger partial charge in [-0.3, -0.25) is 14.4 Å². The van der Waals surface area contributed by atoms with Crippen molar-refractivity contribution in [1.29, 1.82) is 0 Å². The van der Waals surface area contributed by atoms with Crippen LogP contribution in [0.1, 0.15) is 65.2 Å². The third-order valence-electron chi connectivity index (χ3n) is 7.56. The maximum atomic E-state index is 13.6. The molecule has 0 spiro atoms. The number of carbonyl (C=O) groups excluding carboxylic acids is 3. The lowest BCUT2D eigenvalue weighted by atomic mass is 9.49. The van der Waals surface area contributed by atoms with Gasteiger partial charge < -0.3 is 15.5 Å². The molecule has 1 atom stereocenters. The minimum absolute atomic E-state index is 0.00580. The molecule has 4 aliphatic carbocycles. The van der Waals surface area contributed by atoms with E-state index in [1.807, 2.05) is 18.7 Å². The Bertz CT molecular complexity index is 610. The van der Waals surface area contributed by atoms with Crippen molar-refractivity contribution in [2.45, 2.75) is 71.3 Å². The Morgan fingerprint density at radius 2 is 1.54 bits per heavy atom. The highest BCUT2D eigenvalue weighted by Crippen LogP contribution is 2.60. The molecule has 5 aliphatic rings. The summed E-state index contributed by atoms with van der Waals surface area (Å²) in [7, 11) is 0. The van der Waals surface area contributed by atoms with Crippen LogP contribution in [0, 0.1) is 29.1 Å². The van der Waals surface area contributed by atoms with Crippen LogP contribution < -0.4 is 10.6 Å². The molecule has 0 aromatic heterocycles. The van der Waals surface area contributed by atoms with Gasteiger partial charge in [0.1, 0.15) is 6.04 Å². The molecule has 0 aromatic rings. The van der Waals surface area contributed by atoms with Crippen molar-refractivity contribution in [3.8, 4) is 0 Å². The van der Waals surface area contributed by atoms with Crippen LogP contribution >= 0.6 is 0 Å². The first-order chi connectivity index (χ1) is 13.4. The van der Waals surface area contributed by atoms with E-state index in [0.717, 1.165) is 49.9 Å². The molecule has 0 radical (unpaired) electrons. The topological polar surface area (TPSA) is 78.5 Å². The minimum Gasteiger partial charge on any atom is -0.354 e. The van der Waals surface area contributed by atoms with Crippen molar-refractivity contribution in [3.63, 3.8) is 0 Å². The summed E-state index contributed by atoms with van der Waals surface area (Å²) in [6.07, 6.45) is 8.75. The van der Waals surface area contributed by atoms with E-state index < -0.39 is 0 Å². The molecule has 156 valence electrons. The minimum atomic E-state index is -0.332. The molecule has 3 amide bonds. The van der Waals surface area contributed by atoms with E-state index in [0.29, 0.717) is 19.6 Å². The van der Waals surface area contributed by atoms with Gasteiger partial charge >= 0.3 is 0 Å². The monoisotopic (exact) mass is 389 g/mol. The third kappa shape index (κ3) is 3.67. The summed E-state index contributed by atoms with van der Waals surface area (Å²) < 4.78 is 0. The second kappa shape index (κ2) is 7.68. The van der Waals surface area contributed by atoms with Gasteiger partial charge in [-0.2, -0.15) is 0 Å². The van der Waals surface area contributed by atoms with Crippen LogP contribution in [0.15, 0.2) is 0 Å². The quantitative estimate of drug-likeness (QED) is 0.683. The molecule has 6 heteroatoms. The fourth-order valence-electron chi connectivity index (χ4n) is 6.65. The smallest absolute Gasteiger partial charge is 0.242 e. The fraction of sp³-hybridized carbons (Fsp3) is 0.864. The number of hydrogen-bond donors (Lipinski definition) is 2. The zero-order valence-electron chi connectivity index (χ0n) is 17.3. The number of hydrogen-bond acceptors (Lipinski definition) is 3. The Balaban J connectivity index is 1.34. The summed E-state index contributed by atoms with van der Waals surface area (Å²) in [5.41, 5.74) is -0.178. The second-order valence-corrected chi connectivity index (χ2v) is 10.1. The van der Waals surface area contributed by atoms with Crippen LogP contribution in [0.5, 0.6) is 0 Å². The van der Waals surface area contributed by atoms with Crippen LogP contribution in [0.25, 0.3) is 0 Å². The SMILES string of the molecule is CC(C)C(=O)NCCNC(=O)[C@H]1CCCN1C(=O)C12CC3CC(CC(C3)C1)C2. The normalized spacial score (nSPS) is 36.0. The van der Waals surface area contributed by atoms with Crippen LogP contribution in [0.3, 0.4) is 0 Å². The van der Waals surface area contributed by atoms with E-state index in [2.05, 4.69) is 10.6 Å². The molecule has 4 bridgehead atoms. The molecule has 28 heavy (non-hydrogen) atoms. The molecule has 2 N–H and O–H groups in total. The van der Waals surface area contributed by atoms with E-state index in [9.17, 15) is 14.4 Å². The molecule has 4 saturated carbocycles. The summed E-state index contributed by atoms with van der Waals surface area (Å²) in [5.74, 6) is 2.33. The van der Waals surface area contributed by atoms with Crippen molar-refractivity contribution >= 4 is 17.7 Å². The van der Waals surface area contributed by atoms with Crippen LogP contribution in [-0.2, 0) is 14.4 Å². The van der Waals surface area contributed by atoms with Gasteiger partial charge in [0.15, 0.2) is 0 Å².